The first-order valence-corrected chi connectivity index (χ1v) is 10.2. The molecular formula is C27H23N3. The lowest BCUT2D eigenvalue weighted by Gasteiger charge is -2.08. The molecule has 30 heavy (non-hydrogen) atoms. The molecule has 5 rings (SSSR count). The summed E-state index contributed by atoms with van der Waals surface area (Å²) in [6, 6.07) is 27.6. The van der Waals surface area contributed by atoms with Gasteiger partial charge < -0.3 is 4.57 Å². The second kappa shape index (κ2) is 7.60. The third-order valence-electron chi connectivity index (χ3n) is 5.43. The van der Waals surface area contributed by atoms with Gasteiger partial charge in [-0.1, -0.05) is 77.9 Å². The van der Waals surface area contributed by atoms with Crippen LogP contribution in [0.15, 0.2) is 91.4 Å². The van der Waals surface area contributed by atoms with E-state index in [-0.39, 0.29) is 0 Å². The Morgan fingerprint density at radius 3 is 2.10 bits per heavy atom. The molecule has 3 nitrogen and oxygen atoms in total. The minimum absolute atomic E-state index is 0.771. The molecule has 0 aliphatic carbocycles. The van der Waals surface area contributed by atoms with Gasteiger partial charge in [-0.25, -0.2) is 9.97 Å². The zero-order valence-corrected chi connectivity index (χ0v) is 17.2. The number of rotatable bonds is 4. The van der Waals surface area contributed by atoms with Crippen molar-refractivity contribution in [3.63, 3.8) is 0 Å². The van der Waals surface area contributed by atoms with Crippen LogP contribution in [-0.4, -0.2) is 14.5 Å². The molecule has 0 N–H and O–H groups in total. The molecule has 0 radical (unpaired) electrons. The van der Waals surface area contributed by atoms with E-state index in [1.807, 2.05) is 12.1 Å². The molecule has 5 aromatic rings. The topological polar surface area (TPSA) is 30.7 Å². The van der Waals surface area contributed by atoms with Gasteiger partial charge >= 0.3 is 0 Å². The molecule has 0 saturated heterocycles. The highest BCUT2D eigenvalue weighted by Gasteiger charge is 2.18. The Morgan fingerprint density at radius 1 is 0.733 bits per heavy atom. The maximum absolute atomic E-state index is 4.74. The molecule has 0 aliphatic rings. The van der Waals surface area contributed by atoms with Crippen LogP contribution < -0.4 is 0 Å². The third-order valence-corrected chi connectivity index (χ3v) is 5.43. The smallest absolute Gasteiger partial charge is 0.144 e. The molecule has 0 spiro atoms. The molecule has 0 fully saturated rings. The maximum Gasteiger partial charge on any atom is 0.144 e. The number of benzene rings is 3. The van der Waals surface area contributed by atoms with E-state index in [2.05, 4.69) is 91.3 Å². The van der Waals surface area contributed by atoms with Gasteiger partial charge in [0.1, 0.15) is 12.0 Å². The van der Waals surface area contributed by atoms with Crippen LogP contribution >= 0.6 is 0 Å². The molecule has 3 aromatic carbocycles. The van der Waals surface area contributed by atoms with Gasteiger partial charge in [0, 0.05) is 23.9 Å². The standard InChI is InChI=1S/C27H23N3/c1-19-13-20(2)15-23(14-19)26-25-24(22-11-7-4-8-12-22)17-30(27(25)29-18-28-26)16-21-9-5-3-6-10-21/h3-15,17-18H,16H2,1-2H3. The zero-order valence-electron chi connectivity index (χ0n) is 17.2. The minimum Gasteiger partial charge on any atom is -0.327 e. The van der Waals surface area contributed by atoms with Gasteiger partial charge in [0.2, 0.25) is 0 Å². The van der Waals surface area contributed by atoms with E-state index in [1.165, 1.54) is 22.3 Å². The van der Waals surface area contributed by atoms with Gasteiger partial charge in [-0.05, 0) is 37.1 Å². The van der Waals surface area contributed by atoms with Gasteiger partial charge in [0.25, 0.3) is 0 Å². The van der Waals surface area contributed by atoms with Crippen molar-refractivity contribution >= 4 is 11.0 Å². The van der Waals surface area contributed by atoms with E-state index >= 15 is 0 Å². The van der Waals surface area contributed by atoms with Crippen LogP contribution in [0, 0.1) is 13.8 Å². The summed E-state index contributed by atoms with van der Waals surface area (Å²) in [7, 11) is 0. The van der Waals surface area contributed by atoms with Crippen molar-refractivity contribution in [2.45, 2.75) is 20.4 Å². The van der Waals surface area contributed by atoms with Crippen molar-refractivity contribution in [3.05, 3.63) is 108 Å². The van der Waals surface area contributed by atoms with E-state index in [0.29, 0.717) is 0 Å². The summed E-state index contributed by atoms with van der Waals surface area (Å²) in [5, 5.41) is 1.10. The molecular weight excluding hydrogens is 366 g/mol. The van der Waals surface area contributed by atoms with Gasteiger partial charge in [0.05, 0.1) is 11.1 Å². The fraction of sp³-hybridized carbons (Fsp3) is 0.111. The molecule has 0 saturated carbocycles. The highest BCUT2D eigenvalue weighted by Crippen LogP contribution is 2.36. The van der Waals surface area contributed by atoms with Crippen LogP contribution in [0.5, 0.6) is 0 Å². The maximum atomic E-state index is 4.74. The lowest BCUT2D eigenvalue weighted by Crippen LogP contribution is -1.99. The number of hydrogen-bond acceptors (Lipinski definition) is 2. The Morgan fingerprint density at radius 2 is 1.40 bits per heavy atom. The van der Waals surface area contributed by atoms with Crippen LogP contribution in [0.4, 0.5) is 0 Å². The molecule has 146 valence electrons. The Hall–Kier alpha value is -3.72. The second-order valence-electron chi connectivity index (χ2n) is 7.82. The van der Waals surface area contributed by atoms with Gasteiger partial charge in [-0.2, -0.15) is 0 Å². The summed E-state index contributed by atoms with van der Waals surface area (Å²) in [6.45, 7) is 5.04. The molecule has 0 bridgehead atoms. The van der Waals surface area contributed by atoms with E-state index in [4.69, 9.17) is 9.97 Å². The highest BCUT2D eigenvalue weighted by molar-refractivity contribution is 6.03. The fourth-order valence-corrected chi connectivity index (χ4v) is 4.19. The Balaban J connectivity index is 1.78. The van der Waals surface area contributed by atoms with Crippen LogP contribution in [-0.2, 0) is 6.54 Å². The van der Waals surface area contributed by atoms with E-state index in [1.54, 1.807) is 6.33 Å². The zero-order chi connectivity index (χ0) is 20.5. The molecule has 0 aliphatic heterocycles. The quantitative estimate of drug-likeness (QED) is 0.354. The summed E-state index contributed by atoms with van der Waals surface area (Å²) < 4.78 is 2.24. The van der Waals surface area contributed by atoms with Crippen molar-refractivity contribution in [2.75, 3.05) is 0 Å². The van der Waals surface area contributed by atoms with Gasteiger partial charge in [-0.3, -0.25) is 0 Å². The monoisotopic (exact) mass is 389 g/mol. The first-order chi connectivity index (χ1) is 14.7. The van der Waals surface area contributed by atoms with Gasteiger partial charge in [-0.15, -0.1) is 0 Å². The number of aryl methyl sites for hydroxylation is 2. The number of hydrogen-bond donors (Lipinski definition) is 0. The first-order valence-electron chi connectivity index (χ1n) is 10.2. The number of fused-ring (bicyclic) bond motifs is 1. The molecule has 0 amide bonds. The summed E-state index contributed by atoms with van der Waals surface area (Å²) in [5.74, 6) is 0. The number of nitrogens with zero attached hydrogens (tertiary/aromatic N) is 3. The molecule has 3 heteroatoms. The summed E-state index contributed by atoms with van der Waals surface area (Å²) in [6.07, 6.45) is 3.90. The van der Waals surface area contributed by atoms with Crippen LogP contribution in [0.1, 0.15) is 16.7 Å². The highest BCUT2D eigenvalue weighted by atomic mass is 15.0. The Bertz CT molecular complexity index is 1300. The summed E-state index contributed by atoms with van der Waals surface area (Å²) in [5.41, 5.74) is 9.14. The van der Waals surface area contributed by atoms with E-state index < -0.39 is 0 Å². The average molecular weight is 390 g/mol. The van der Waals surface area contributed by atoms with Crippen molar-refractivity contribution in [1.82, 2.24) is 14.5 Å². The van der Waals surface area contributed by atoms with Crippen molar-refractivity contribution in [3.8, 4) is 22.4 Å². The largest absolute Gasteiger partial charge is 0.327 e. The predicted molar refractivity (Wildman–Crippen MR) is 123 cm³/mol. The lowest BCUT2D eigenvalue weighted by molar-refractivity contribution is 0.824. The first kappa shape index (κ1) is 18.3. The molecule has 2 aromatic heterocycles. The fourth-order valence-electron chi connectivity index (χ4n) is 4.19. The van der Waals surface area contributed by atoms with Crippen molar-refractivity contribution in [2.24, 2.45) is 0 Å². The van der Waals surface area contributed by atoms with E-state index in [0.717, 1.165) is 34.4 Å². The Kier molecular flexibility index (Phi) is 4.64. The molecule has 2 heterocycles. The molecule has 0 unspecified atom stereocenters. The van der Waals surface area contributed by atoms with Gasteiger partial charge in [0.15, 0.2) is 0 Å². The summed E-state index contributed by atoms with van der Waals surface area (Å²) >= 11 is 0. The normalized spacial score (nSPS) is 11.1. The minimum atomic E-state index is 0.771. The van der Waals surface area contributed by atoms with E-state index in [9.17, 15) is 0 Å². The predicted octanol–water partition coefficient (Wildman–Crippen LogP) is 6.43. The van der Waals surface area contributed by atoms with Crippen molar-refractivity contribution < 1.29 is 0 Å². The number of aromatic nitrogens is 3. The van der Waals surface area contributed by atoms with Crippen LogP contribution in [0.2, 0.25) is 0 Å². The average Bonchev–Trinajstić information content (AvgIpc) is 3.13. The second-order valence-corrected chi connectivity index (χ2v) is 7.82. The molecule has 0 atom stereocenters. The Labute approximate surface area is 176 Å². The van der Waals surface area contributed by atoms with Crippen molar-refractivity contribution in [1.29, 1.82) is 0 Å². The van der Waals surface area contributed by atoms with Crippen LogP contribution in [0.3, 0.4) is 0 Å². The SMILES string of the molecule is Cc1cc(C)cc(-c2ncnc3c2c(-c2ccccc2)cn3Cc2ccccc2)c1. The summed E-state index contributed by atoms with van der Waals surface area (Å²) in [4.78, 5) is 9.45. The van der Waals surface area contributed by atoms with Crippen LogP contribution in [0.25, 0.3) is 33.4 Å². The lowest BCUT2D eigenvalue weighted by atomic mass is 9.99. The third kappa shape index (κ3) is 3.39.